The lowest BCUT2D eigenvalue weighted by atomic mass is 10.0. The largest absolute Gasteiger partial charge is 0.384 e. The summed E-state index contributed by atoms with van der Waals surface area (Å²) >= 11 is 18.9. The van der Waals surface area contributed by atoms with Crippen molar-refractivity contribution in [3.05, 3.63) is 66.0 Å². The molecule has 0 aliphatic rings. The number of halogens is 4. The molecule has 0 heterocycles. The van der Waals surface area contributed by atoms with Gasteiger partial charge in [-0.05, 0) is 48.4 Å². The van der Waals surface area contributed by atoms with Gasteiger partial charge in [-0.1, -0.05) is 55.1 Å². The maximum atomic E-state index is 10.5. The van der Waals surface area contributed by atoms with E-state index >= 15 is 0 Å². The van der Waals surface area contributed by atoms with Crippen LogP contribution in [-0.2, 0) is 0 Å². The molecule has 1 atom stereocenters. The minimum atomic E-state index is -0.789. The van der Waals surface area contributed by atoms with Crippen molar-refractivity contribution in [3.63, 3.8) is 0 Å². The zero-order chi connectivity index (χ0) is 14.2. The van der Waals surface area contributed by atoms with Crippen LogP contribution >= 0.6 is 55.1 Å². The molecule has 2 aromatic rings. The van der Waals surface area contributed by atoms with Crippen LogP contribution in [0.15, 0.2) is 39.3 Å². The van der Waals surface area contributed by atoms with E-state index in [0.717, 1.165) is 20.1 Å². The molecule has 0 aliphatic heterocycles. The SMILES string of the molecule is Cc1cc(Br)c(C(O)c2cc(Cl)cc(Cl)c2)cc1Br. The molecule has 0 amide bonds. The average molecular weight is 425 g/mol. The predicted molar refractivity (Wildman–Crippen MR) is 87.1 cm³/mol. The summed E-state index contributed by atoms with van der Waals surface area (Å²) in [6.07, 6.45) is -0.789. The predicted octanol–water partition coefficient (Wildman–Crippen LogP) is 5.91. The first kappa shape index (κ1) is 15.3. The minimum absolute atomic E-state index is 0.504. The fraction of sp³-hybridized carbons (Fsp3) is 0.143. The third-order valence-corrected chi connectivity index (χ3v) is 4.75. The zero-order valence-corrected chi connectivity index (χ0v) is 14.6. The molecule has 1 nitrogen and oxygen atoms in total. The maximum Gasteiger partial charge on any atom is 0.105 e. The van der Waals surface area contributed by atoms with Gasteiger partial charge in [0.1, 0.15) is 6.10 Å². The Morgan fingerprint density at radius 3 is 2.11 bits per heavy atom. The number of hydrogen-bond acceptors (Lipinski definition) is 1. The smallest absolute Gasteiger partial charge is 0.105 e. The number of aliphatic hydroxyl groups excluding tert-OH is 1. The highest BCUT2D eigenvalue weighted by atomic mass is 79.9. The molecule has 5 heteroatoms. The molecule has 1 N–H and O–H groups in total. The maximum absolute atomic E-state index is 10.5. The molecule has 2 aromatic carbocycles. The highest BCUT2D eigenvalue weighted by Crippen LogP contribution is 2.34. The van der Waals surface area contributed by atoms with Crippen LogP contribution in [0.25, 0.3) is 0 Å². The Balaban J connectivity index is 2.49. The molecular formula is C14H10Br2Cl2O. The topological polar surface area (TPSA) is 20.2 Å². The summed E-state index contributed by atoms with van der Waals surface area (Å²) in [4.78, 5) is 0. The normalized spacial score (nSPS) is 12.5. The highest BCUT2D eigenvalue weighted by Gasteiger charge is 2.16. The van der Waals surface area contributed by atoms with Gasteiger partial charge >= 0.3 is 0 Å². The van der Waals surface area contributed by atoms with Gasteiger partial charge in [-0.3, -0.25) is 0 Å². The van der Waals surface area contributed by atoms with Gasteiger partial charge in [0, 0.05) is 24.6 Å². The first-order valence-corrected chi connectivity index (χ1v) is 7.82. The van der Waals surface area contributed by atoms with E-state index in [9.17, 15) is 5.11 Å². The number of rotatable bonds is 2. The van der Waals surface area contributed by atoms with Gasteiger partial charge in [0.2, 0.25) is 0 Å². The highest BCUT2D eigenvalue weighted by molar-refractivity contribution is 9.11. The molecule has 19 heavy (non-hydrogen) atoms. The van der Waals surface area contributed by atoms with Crippen LogP contribution in [-0.4, -0.2) is 5.11 Å². The summed E-state index contributed by atoms with van der Waals surface area (Å²) in [6, 6.07) is 8.89. The molecule has 0 saturated heterocycles. The van der Waals surface area contributed by atoms with Gasteiger partial charge in [0.05, 0.1) is 0 Å². The Hall–Kier alpha value is -0.0600. The lowest BCUT2D eigenvalue weighted by Gasteiger charge is -2.15. The molecule has 0 aliphatic carbocycles. The van der Waals surface area contributed by atoms with Gasteiger partial charge in [-0.25, -0.2) is 0 Å². The minimum Gasteiger partial charge on any atom is -0.384 e. The van der Waals surface area contributed by atoms with Crippen molar-refractivity contribution < 1.29 is 5.11 Å². The first-order valence-electron chi connectivity index (χ1n) is 5.48. The molecule has 1 unspecified atom stereocenters. The number of benzene rings is 2. The third-order valence-electron chi connectivity index (χ3n) is 2.77. The lowest BCUT2D eigenvalue weighted by molar-refractivity contribution is 0.219. The summed E-state index contributed by atoms with van der Waals surface area (Å²) in [5.74, 6) is 0. The standard InChI is InChI=1S/C14H10Br2Cl2O/c1-7-2-13(16)11(6-12(7)15)14(19)8-3-9(17)5-10(18)4-8/h2-6,14,19H,1H3. The van der Waals surface area contributed by atoms with Gasteiger partial charge < -0.3 is 5.11 Å². The van der Waals surface area contributed by atoms with Crippen LogP contribution in [0.2, 0.25) is 10.0 Å². The van der Waals surface area contributed by atoms with E-state index in [2.05, 4.69) is 31.9 Å². The van der Waals surface area contributed by atoms with E-state index in [-0.39, 0.29) is 0 Å². The van der Waals surface area contributed by atoms with Crippen LogP contribution in [0, 0.1) is 6.92 Å². The Bertz CT molecular complexity index is 609. The molecule has 0 fully saturated rings. The second-order valence-corrected chi connectivity index (χ2v) is 6.81. The summed E-state index contributed by atoms with van der Waals surface area (Å²) in [6.45, 7) is 1.99. The second-order valence-electron chi connectivity index (χ2n) is 4.23. The Kier molecular flexibility index (Phi) is 4.96. The van der Waals surface area contributed by atoms with Crippen molar-refractivity contribution in [2.75, 3.05) is 0 Å². The Labute approximate surface area is 138 Å². The molecule has 2 rings (SSSR count). The van der Waals surface area contributed by atoms with E-state index in [0.29, 0.717) is 15.6 Å². The van der Waals surface area contributed by atoms with Crippen molar-refractivity contribution in [2.24, 2.45) is 0 Å². The van der Waals surface area contributed by atoms with Gasteiger partial charge in [-0.2, -0.15) is 0 Å². The van der Waals surface area contributed by atoms with Crippen LogP contribution in [0.4, 0.5) is 0 Å². The number of hydrogen-bond donors (Lipinski definition) is 1. The summed E-state index contributed by atoms with van der Waals surface area (Å²) in [5.41, 5.74) is 2.51. The Morgan fingerprint density at radius 1 is 0.947 bits per heavy atom. The molecule has 100 valence electrons. The number of aryl methyl sites for hydroxylation is 1. The average Bonchev–Trinajstić information content (AvgIpc) is 2.31. The molecule has 0 aromatic heterocycles. The van der Waals surface area contributed by atoms with Crippen molar-refractivity contribution in [3.8, 4) is 0 Å². The monoisotopic (exact) mass is 422 g/mol. The number of aliphatic hydroxyl groups is 1. The van der Waals surface area contributed by atoms with Crippen molar-refractivity contribution >= 4 is 55.1 Å². The van der Waals surface area contributed by atoms with E-state index in [4.69, 9.17) is 23.2 Å². The van der Waals surface area contributed by atoms with Gasteiger partial charge in [0.25, 0.3) is 0 Å². The van der Waals surface area contributed by atoms with Crippen LogP contribution in [0.1, 0.15) is 22.8 Å². The quantitative estimate of drug-likeness (QED) is 0.635. The van der Waals surface area contributed by atoms with Gasteiger partial charge in [0.15, 0.2) is 0 Å². The van der Waals surface area contributed by atoms with E-state index in [1.165, 1.54) is 0 Å². The molecular weight excluding hydrogens is 415 g/mol. The van der Waals surface area contributed by atoms with Crippen molar-refractivity contribution in [2.45, 2.75) is 13.0 Å². The summed E-state index contributed by atoms with van der Waals surface area (Å²) in [5, 5.41) is 11.5. The third kappa shape index (κ3) is 3.53. The molecule has 0 radical (unpaired) electrons. The molecule has 0 spiro atoms. The van der Waals surface area contributed by atoms with Crippen molar-refractivity contribution in [1.82, 2.24) is 0 Å². The molecule has 0 saturated carbocycles. The zero-order valence-electron chi connectivity index (χ0n) is 9.92. The van der Waals surface area contributed by atoms with Crippen LogP contribution < -0.4 is 0 Å². The van der Waals surface area contributed by atoms with Crippen molar-refractivity contribution in [1.29, 1.82) is 0 Å². The Morgan fingerprint density at radius 2 is 1.53 bits per heavy atom. The fourth-order valence-corrected chi connectivity index (χ4v) is 3.36. The lowest BCUT2D eigenvalue weighted by Crippen LogP contribution is -2.01. The van der Waals surface area contributed by atoms with Crippen LogP contribution in [0.5, 0.6) is 0 Å². The summed E-state index contributed by atoms with van der Waals surface area (Å²) in [7, 11) is 0. The first-order chi connectivity index (χ1) is 8.88. The van der Waals surface area contributed by atoms with E-state index in [1.54, 1.807) is 18.2 Å². The van der Waals surface area contributed by atoms with E-state index in [1.807, 2.05) is 19.1 Å². The van der Waals surface area contributed by atoms with Gasteiger partial charge in [-0.15, -0.1) is 0 Å². The molecule has 0 bridgehead atoms. The van der Waals surface area contributed by atoms with Crippen LogP contribution in [0.3, 0.4) is 0 Å². The second kappa shape index (κ2) is 6.15. The fourth-order valence-electron chi connectivity index (χ4n) is 1.78. The van der Waals surface area contributed by atoms with E-state index < -0.39 is 6.10 Å². The summed E-state index contributed by atoms with van der Waals surface area (Å²) < 4.78 is 1.79.